The Balaban J connectivity index is 1.92. The maximum Gasteiger partial charge on any atom is 0.319 e. The molecule has 20 heavy (non-hydrogen) atoms. The van der Waals surface area contributed by atoms with Crippen molar-refractivity contribution in [3.05, 3.63) is 62.7 Å². The molecule has 0 saturated heterocycles. The third-order valence-corrected chi connectivity index (χ3v) is 3.49. The number of hydrogen-bond acceptors (Lipinski definition) is 1. The van der Waals surface area contributed by atoms with Crippen LogP contribution in [-0.4, -0.2) is 6.03 Å². The highest BCUT2D eigenvalue weighted by Gasteiger charge is 2.03. The van der Waals surface area contributed by atoms with E-state index in [1.807, 2.05) is 44.2 Å². The van der Waals surface area contributed by atoms with Crippen molar-refractivity contribution in [2.45, 2.75) is 20.4 Å². The molecule has 0 spiro atoms. The van der Waals surface area contributed by atoms with E-state index < -0.39 is 0 Å². The van der Waals surface area contributed by atoms with Crippen molar-refractivity contribution in [2.75, 3.05) is 5.32 Å². The summed E-state index contributed by atoms with van der Waals surface area (Å²) in [5.41, 5.74) is 4.19. The highest BCUT2D eigenvalue weighted by Crippen LogP contribution is 2.13. The van der Waals surface area contributed by atoms with Gasteiger partial charge in [-0.3, -0.25) is 0 Å². The normalized spacial score (nSPS) is 10.2. The van der Waals surface area contributed by atoms with Crippen molar-refractivity contribution in [1.82, 2.24) is 5.32 Å². The lowest BCUT2D eigenvalue weighted by Crippen LogP contribution is -2.28. The number of aryl methyl sites for hydroxylation is 2. The predicted molar refractivity (Wildman–Crippen MR) is 90.9 cm³/mol. The van der Waals surface area contributed by atoms with Crippen molar-refractivity contribution in [3.8, 4) is 0 Å². The molecule has 0 radical (unpaired) electrons. The summed E-state index contributed by atoms with van der Waals surface area (Å²) in [6, 6.07) is 13.9. The van der Waals surface area contributed by atoms with Gasteiger partial charge in [-0.25, -0.2) is 4.79 Å². The lowest BCUT2D eigenvalue weighted by atomic mass is 10.1. The van der Waals surface area contributed by atoms with Gasteiger partial charge in [-0.15, -0.1) is 0 Å². The van der Waals surface area contributed by atoms with Crippen molar-refractivity contribution >= 4 is 34.3 Å². The van der Waals surface area contributed by atoms with E-state index >= 15 is 0 Å². The van der Waals surface area contributed by atoms with Crippen LogP contribution in [0, 0.1) is 17.4 Å². The number of urea groups is 1. The molecule has 0 saturated carbocycles. The predicted octanol–water partition coefficient (Wildman–Crippen LogP) is 4.23. The molecule has 0 bridgehead atoms. The van der Waals surface area contributed by atoms with Crippen LogP contribution in [0.25, 0.3) is 0 Å². The Morgan fingerprint density at radius 2 is 1.80 bits per heavy atom. The van der Waals surface area contributed by atoms with Gasteiger partial charge in [-0.05, 0) is 77.4 Å². The van der Waals surface area contributed by atoms with Gasteiger partial charge in [0.15, 0.2) is 0 Å². The van der Waals surface area contributed by atoms with Gasteiger partial charge in [0, 0.05) is 15.8 Å². The first-order chi connectivity index (χ1) is 9.52. The smallest absolute Gasteiger partial charge is 0.319 e. The van der Waals surface area contributed by atoms with Gasteiger partial charge in [-0.1, -0.05) is 18.2 Å². The highest BCUT2D eigenvalue weighted by atomic mass is 127. The number of halogens is 1. The Bertz CT molecular complexity index is 605. The van der Waals surface area contributed by atoms with Gasteiger partial charge in [-0.2, -0.15) is 0 Å². The minimum absolute atomic E-state index is 0.186. The van der Waals surface area contributed by atoms with E-state index in [-0.39, 0.29) is 6.03 Å². The summed E-state index contributed by atoms with van der Waals surface area (Å²) in [5.74, 6) is 0. The molecule has 2 aromatic carbocycles. The summed E-state index contributed by atoms with van der Waals surface area (Å²) in [6.07, 6.45) is 0. The molecule has 0 aliphatic rings. The summed E-state index contributed by atoms with van der Waals surface area (Å²) in [4.78, 5) is 11.9. The van der Waals surface area contributed by atoms with Gasteiger partial charge < -0.3 is 10.6 Å². The standard InChI is InChI=1S/C16H17IN2O/c1-11-6-12(2)8-15(7-11)19-16(20)18-10-13-4-3-5-14(17)9-13/h3-9H,10H2,1-2H3,(H2,18,19,20). The number of anilines is 1. The zero-order valence-electron chi connectivity index (χ0n) is 11.5. The molecule has 0 aliphatic carbocycles. The molecular formula is C16H17IN2O. The molecular weight excluding hydrogens is 363 g/mol. The molecule has 0 aliphatic heterocycles. The number of hydrogen-bond donors (Lipinski definition) is 2. The average molecular weight is 380 g/mol. The molecule has 2 amide bonds. The van der Waals surface area contributed by atoms with Crippen LogP contribution in [0.3, 0.4) is 0 Å². The highest BCUT2D eigenvalue weighted by molar-refractivity contribution is 14.1. The second-order valence-corrected chi connectivity index (χ2v) is 6.06. The Morgan fingerprint density at radius 3 is 2.45 bits per heavy atom. The third-order valence-electron chi connectivity index (χ3n) is 2.82. The zero-order valence-corrected chi connectivity index (χ0v) is 13.7. The number of nitrogens with one attached hydrogen (secondary N) is 2. The van der Waals surface area contributed by atoms with E-state index in [1.165, 1.54) is 0 Å². The summed E-state index contributed by atoms with van der Waals surface area (Å²) in [5, 5.41) is 5.72. The van der Waals surface area contributed by atoms with Gasteiger partial charge in [0.2, 0.25) is 0 Å². The molecule has 4 heteroatoms. The van der Waals surface area contributed by atoms with E-state index in [0.29, 0.717) is 6.54 Å². The topological polar surface area (TPSA) is 41.1 Å². The first kappa shape index (κ1) is 14.8. The largest absolute Gasteiger partial charge is 0.334 e. The minimum Gasteiger partial charge on any atom is -0.334 e. The molecule has 0 atom stereocenters. The van der Waals surface area contributed by atoms with Gasteiger partial charge >= 0.3 is 6.03 Å². The average Bonchev–Trinajstić information content (AvgIpc) is 2.35. The lowest BCUT2D eigenvalue weighted by Gasteiger charge is -2.09. The lowest BCUT2D eigenvalue weighted by molar-refractivity contribution is 0.251. The van der Waals surface area contributed by atoms with Crippen LogP contribution in [0.4, 0.5) is 10.5 Å². The SMILES string of the molecule is Cc1cc(C)cc(NC(=O)NCc2cccc(I)c2)c1. The van der Waals surface area contributed by atoms with E-state index in [0.717, 1.165) is 25.9 Å². The first-order valence-corrected chi connectivity index (χ1v) is 7.48. The Morgan fingerprint density at radius 1 is 1.10 bits per heavy atom. The fourth-order valence-corrected chi connectivity index (χ4v) is 2.66. The Labute approximate surface area is 132 Å². The molecule has 3 nitrogen and oxygen atoms in total. The molecule has 0 heterocycles. The van der Waals surface area contributed by atoms with Crippen LogP contribution in [-0.2, 0) is 6.54 Å². The third kappa shape index (κ3) is 4.52. The fourth-order valence-electron chi connectivity index (χ4n) is 2.05. The van der Waals surface area contributed by atoms with Crippen molar-refractivity contribution in [3.63, 3.8) is 0 Å². The van der Waals surface area contributed by atoms with Gasteiger partial charge in [0.1, 0.15) is 0 Å². The van der Waals surface area contributed by atoms with E-state index in [1.54, 1.807) is 0 Å². The van der Waals surface area contributed by atoms with Crippen molar-refractivity contribution in [2.24, 2.45) is 0 Å². The molecule has 0 unspecified atom stereocenters. The van der Waals surface area contributed by atoms with Crippen LogP contribution in [0.15, 0.2) is 42.5 Å². The molecule has 2 N–H and O–H groups in total. The summed E-state index contributed by atoms with van der Waals surface area (Å²) in [6.45, 7) is 4.55. The maximum absolute atomic E-state index is 11.9. The second-order valence-electron chi connectivity index (χ2n) is 4.81. The number of carbonyl (C=O) groups is 1. The van der Waals surface area contributed by atoms with E-state index in [2.05, 4.69) is 45.4 Å². The zero-order chi connectivity index (χ0) is 14.5. The fraction of sp³-hybridized carbons (Fsp3) is 0.188. The van der Waals surface area contributed by atoms with Crippen LogP contribution < -0.4 is 10.6 Å². The summed E-state index contributed by atoms with van der Waals surface area (Å²) < 4.78 is 1.16. The number of benzene rings is 2. The van der Waals surface area contributed by atoms with Crippen LogP contribution in [0.1, 0.15) is 16.7 Å². The van der Waals surface area contributed by atoms with E-state index in [4.69, 9.17) is 0 Å². The van der Waals surface area contributed by atoms with Crippen molar-refractivity contribution in [1.29, 1.82) is 0 Å². The number of carbonyl (C=O) groups excluding carboxylic acids is 1. The Hall–Kier alpha value is -1.56. The minimum atomic E-state index is -0.186. The van der Waals surface area contributed by atoms with Crippen LogP contribution in [0.2, 0.25) is 0 Å². The van der Waals surface area contributed by atoms with Gasteiger partial charge in [0.05, 0.1) is 0 Å². The first-order valence-electron chi connectivity index (χ1n) is 6.40. The quantitative estimate of drug-likeness (QED) is 0.769. The van der Waals surface area contributed by atoms with Crippen molar-refractivity contribution < 1.29 is 4.79 Å². The number of amides is 2. The summed E-state index contributed by atoms with van der Waals surface area (Å²) in [7, 11) is 0. The molecule has 104 valence electrons. The molecule has 0 fully saturated rings. The molecule has 2 rings (SSSR count). The molecule has 2 aromatic rings. The van der Waals surface area contributed by atoms with Gasteiger partial charge in [0.25, 0.3) is 0 Å². The van der Waals surface area contributed by atoms with Crippen LogP contribution >= 0.6 is 22.6 Å². The van der Waals surface area contributed by atoms with E-state index in [9.17, 15) is 4.79 Å². The summed E-state index contributed by atoms with van der Waals surface area (Å²) >= 11 is 2.26. The Kier molecular flexibility index (Phi) is 5.00. The van der Waals surface area contributed by atoms with Crippen LogP contribution in [0.5, 0.6) is 0 Å². The molecule has 0 aromatic heterocycles. The monoisotopic (exact) mass is 380 g/mol. The number of rotatable bonds is 3. The maximum atomic E-state index is 11.9. The second kappa shape index (κ2) is 6.74.